The summed E-state index contributed by atoms with van der Waals surface area (Å²) in [5.41, 5.74) is 2.73. The average molecular weight is 549 g/mol. The number of aromatic nitrogens is 1. The zero-order valence-corrected chi connectivity index (χ0v) is 20.7. The van der Waals surface area contributed by atoms with E-state index in [9.17, 15) is 31.2 Å². The number of benzene rings is 3. The van der Waals surface area contributed by atoms with Crippen LogP contribution in [0.3, 0.4) is 0 Å². The SMILES string of the molecule is CN(C(=O)C(Cc1cc(F)cc(F)c1)NC(=O)NS(=O)(=O)c1ccccc1F)c1ccc2scnc2c1. The fourth-order valence-electron chi connectivity index (χ4n) is 3.61. The van der Waals surface area contributed by atoms with Crippen LogP contribution in [0.15, 0.2) is 71.1 Å². The first-order valence-electron chi connectivity index (χ1n) is 10.7. The topological polar surface area (TPSA) is 108 Å². The van der Waals surface area contributed by atoms with E-state index in [-0.39, 0.29) is 12.0 Å². The summed E-state index contributed by atoms with van der Waals surface area (Å²) in [4.78, 5) is 30.6. The van der Waals surface area contributed by atoms with Crippen molar-refractivity contribution < 1.29 is 31.2 Å². The molecule has 3 amide bonds. The molecular formula is C24H19F3N4O4S2. The molecule has 0 bridgehead atoms. The van der Waals surface area contributed by atoms with Crippen LogP contribution in [0.1, 0.15) is 5.56 Å². The van der Waals surface area contributed by atoms with Gasteiger partial charge in [-0.15, -0.1) is 11.3 Å². The minimum Gasteiger partial charge on any atom is -0.325 e. The first kappa shape index (κ1) is 26.1. The van der Waals surface area contributed by atoms with Gasteiger partial charge in [-0.3, -0.25) is 4.79 Å². The van der Waals surface area contributed by atoms with E-state index in [2.05, 4.69) is 10.3 Å². The third-order valence-corrected chi connectivity index (χ3v) is 7.52. The zero-order chi connectivity index (χ0) is 26.7. The fraction of sp³-hybridized carbons (Fsp3) is 0.125. The van der Waals surface area contributed by atoms with Crippen LogP contribution in [0.4, 0.5) is 23.7 Å². The second kappa shape index (κ2) is 10.6. The molecule has 13 heteroatoms. The lowest BCUT2D eigenvalue weighted by Crippen LogP contribution is -2.52. The van der Waals surface area contributed by atoms with Crippen LogP contribution in [0.5, 0.6) is 0 Å². The van der Waals surface area contributed by atoms with Gasteiger partial charge in [0.05, 0.1) is 15.7 Å². The Bertz CT molecular complexity index is 1570. The Morgan fingerprint density at radius 1 is 1.03 bits per heavy atom. The van der Waals surface area contributed by atoms with Gasteiger partial charge < -0.3 is 10.2 Å². The number of amides is 3. The van der Waals surface area contributed by atoms with E-state index in [1.165, 1.54) is 35.4 Å². The quantitative estimate of drug-likeness (QED) is 0.363. The second-order valence-corrected chi connectivity index (χ2v) is 10.5. The van der Waals surface area contributed by atoms with Gasteiger partial charge in [-0.1, -0.05) is 12.1 Å². The molecule has 1 aromatic heterocycles. The molecule has 192 valence electrons. The monoisotopic (exact) mass is 548 g/mol. The number of nitrogens with zero attached hydrogens (tertiary/aromatic N) is 2. The molecule has 4 rings (SSSR count). The average Bonchev–Trinajstić information content (AvgIpc) is 3.30. The van der Waals surface area contributed by atoms with Gasteiger partial charge in [-0.25, -0.2) is 36.1 Å². The first-order valence-corrected chi connectivity index (χ1v) is 13.0. The van der Waals surface area contributed by atoms with Gasteiger partial charge in [0.2, 0.25) is 5.91 Å². The van der Waals surface area contributed by atoms with E-state index in [4.69, 9.17) is 0 Å². The number of fused-ring (bicyclic) bond motifs is 1. The smallest absolute Gasteiger partial charge is 0.325 e. The van der Waals surface area contributed by atoms with Crippen molar-refractivity contribution in [2.24, 2.45) is 0 Å². The number of sulfonamides is 1. The van der Waals surface area contributed by atoms with E-state index in [1.807, 2.05) is 0 Å². The summed E-state index contributed by atoms with van der Waals surface area (Å²) in [5.74, 6) is -3.58. The third kappa shape index (κ3) is 6.06. The van der Waals surface area contributed by atoms with E-state index >= 15 is 0 Å². The number of urea groups is 1. The van der Waals surface area contributed by atoms with Gasteiger partial charge in [-0.2, -0.15) is 0 Å². The van der Waals surface area contributed by atoms with E-state index in [0.717, 1.165) is 29.0 Å². The van der Waals surface area contributed by atoms with E-state index < -0.39 is 50.4 Å². The number of halogens is 3. The molecule has 0 fully saturated rings. The lowest BCUT2D eigenvalue weighted by molar-refractivity contribution is -0.120. The van der Waals surface area contributed by atoms with Gasteiger partial charge in [0.15, 0.2) is 0 Å². The number of likely N-dealkylation sites (N-methyl/N-ethyl adjacent to an activating group) is 1. The lowest BCUT2D eigenvalue weighted by Gasteiger charge is -2.25. The number of hydrogen-bond acceptors (Lipinski definition) is 6. The Kier molecular flexibility index (Phi) is 7.45. The molecule has 4 aromatic rings. The van der Waals surface area contributed by atoms with Crippen molar-refractivity contribution in [1.82, 2.24) is 15.0 Å². The molecule has 0 spiro atoms. The van der Waals surface area contributed by atoms with Crippen molar-refractivity contribution in [3.63, 3.8) is 0 Å². The highest BCUT2D eigenvalue weighted by Crippen LogP contribution is 2.24. The number of carbonyl (C=O) groups excluding carboxylic acids is 2. The maximum atomic E-state index is 14.0. The Morgan fingerprint density at radius 3 is 2.43 bits per heavy atom. The second-order valence-electron chi connectivity index (χ2n) is 7.95. The van der Waals surface area contributed by atoms with Crippen LogP contribution in [0.25, 0.3) is 10.2 Å². The van der Waals surface area contributed by atoms with Crippen LogP contribution >= 0.6 is 11.3 Å². The predicted molar refractivity (Wildman–Crippen MR) is 132 cm³/mol. The summed E-state index contributed by atoms with van der Waals surface area (Å²) in [7, 11) is -3.21. The lowest BCUT2D eigenvalue weighted by atomic mass is 10.0. The summed E-state index contributed by atoms with van der Waals surface area (Å²) in [6, 6.07) is 9.31. The summed E-state index contributed by atoms with van der Waals surface area (Å²) in [5, 5.41) is 2.23. The number of rotatable bonds is 7. The van der Waals surface area contributed by atoms with Crippen molar-refractivity contribution >= 4 is 49.2 Å². The molecule has 0 aliphatic carbocycles. The molecule has 0 aliphatic rings. The number of thiazole rings is 1. The molecule has 37 heavy (non-hydrogen) atoms. The summed E-state index contributed by atoms with van der Waals surface area (Å²) >= 11 is 1.41. The Balaban J connectivity index is 1.60. The van der Waals surface area contributed by atoms with Gasteiger partial charge in [0.25, 0.3) is 10.0 Å². The molecule has 3 aromatic carbocycles. The minimum absolute atomic E-state index is 0.0384. The Hall–Kier alpha value is -3.97. The molecular weight excluding hydrogens is 529 g/mol. The summed E-state index contributed by atoms with van der Waals surface area (Å²) < 4.78 is 69.1. The Labute approximate surface area is 213 Å². The molecule has 1 unspecified atom stereocenters. The first-order chi connectivity index (χ1) is 17.5. The van der Waals surface area contributed by atoms with Crippen molar-refractivity contribution in [2.75, 3.05) is 11.9 Å². The van der Waals surface area contributed by atoms with Gasteiger partial charge in [-0.05, 0) is 48.0 Å². The van der Waals surface area contributed by atoms with Gasteiger partial charge in [0, 0.05) is 25.2 Å². The number of hydrogen-bond donors (Lipinski definition) is 2. The highest BCUT2D eigenvalue weighted by Gasteiger charge is 2.28. The molecule has 0 radical (unpaired) electrons. The van der Waals surface area contributed by atoms with Crippen molar-refractivity contribution in [2.45, 2.75) is 17.4 Å². The Morgan fingerprint density at radius 2 is 1.73 bits per heavy atom. The fourth-order valence-corrected chi connectivity index (χ4v) is 5.26. The van der Waals surface area contributed by atoms with Crippen LogP contribution in [-0.2, 0) is 21.2 Å². The van der Waals surface area contributed by atoms with Gasteiger partial charge in [0.1, 0.15) is 28.4 Å². The number of nitrogens with one attached hydrogen (secondary N) is 2. The zero-order valence-electron chi connectivity index (χ0n) is 19.1. The predicted octanol–water partition coefficient (Wildman–Crippen LogP) is 3.98. The maximum Gasteiger partial charge on any atom is 0.329 e. The number of anilines is 1. The van der Waals surface area contributed by atoms with E-state index in [0.29, 0.717) is 17.3 Å². The largest absolute Gasteiger partial charge is 0.329 e. The highest BCUT2D eigenvalue weighted by atomic mass is 32.2. The standard InChI is InChI=1S/C24H19F3N4O4S2/c1-31(17-6-7-21-19(12-17)28-13-36-21)23(32)20(10-14-8-15(25)11-16(26)9-14)29-24(33)30-37(34,35)22-5-3-2-4-18(22)27/h2-9,11-13,20H,10H2,1H3,(H2,29,30,33). The van der Waals surface area contributed by atoms with Crippen molar-refractivity contribution in [3.05, 3.63) is 89.2 Å². The summed E-state index contributed by atoms with van der Waals surface area (Å²) in [6.45, 7) is 0. The molecule has 0 saturated heterocycles. The normalized spacial score (nSPS) is 12.2. The number of carbonyl (C=O) groups is 2. The molecule has 1 heterocycles. The molecule has 2 N–H and O–H groups in total. The van der Waals surface area contributed by atoms with Gasteiger partial charge >= 0.3 is 6.03 Å². The van der Waals surface area contributed by atoms with Crippen LogP contribution in [0.2, 0.25) is 0 Å². The van der Waals surface area contributed by atoms with Crippen LogP contribution in [-0.4, -0.2) is 38.4 Å². The van der Waals surface area contributed by atoms with Crippen molar-refractivity contribution in [3.8, 4) is 0 Å². The van der Waals surface area contributed by atoms with Crippen LogP contribution < -0.4 is 14.9 Å². The molecule has 8 nitrogen and oxygen atoms in total. The maximum absolute atomic E-state index is 14.0. The minimum atomic E-state index is -4.63. The van der Waals surface area contributed by atoms with Crippen molar-refractivity contribution in [1.29, 1.82) is 0 Å². The molecule has 1 atom stereocenters. The van der Waals surface area contributed by atoms with E-state index in [1.54, 1.807) is 28.4 Å². The molecule has 0 aliphatic heterocycles. The van der Waals surface area contributed by atoms with Crippen LogP contribution in [0, 0.1) is 17.5 Å². The highest BCUT2D eigenvalue weighted by molar-refractivity contribution is 7.90. The third-order valence-electron chi connectivity index (χ3n) is 5.35. The molecule has 0 saturated carbocycles. The summed E-state index contributed by atoms with van der Waals surface area (Å²) in [6.07, 6.45) is -0.371.